The Morgan fingerprint density at radius 2 is 1.71 bits per heavy atom. The second-order valence-corrected chi connectivity index (χ2v) is 7.14. The second-order valence-electron chi connectivity index (χ2n) is 7.14. The van der Waals surface area contributed by atoms with Gasteiger partial charge in [-0.3, -0.25) is 14.2 Å². The Labute approximate surface area is 140 Å². The van der Waals surface area contributed by atoms with Crippen molar-refractivity contribution in [3.63, 3.8) is 0 Å². The third-order valence-electron chi connectivity index (χ3n) is 5.12. The highest BCUT2D eigenvalue weighted by Gasteiger charge is 2.30. The largest absolute Gasteiger partial charge is 0.317 e. The molecular weight excluding hydrogens is 300 g/mol. The molecule has 0 radical (unpaired) electrons. The monoisotopic (exact) mass is 320 g/mol. The van der Waals surface area contributed by atoms with Gasteiger partial charge in [0.25, 0.3) is 0 Å². The molecule has 0 spiro atoms. The Bertz CT molecular complexity index is 1040. The van der Waals surface area contributed by atoms with Crippen LogP contribution in [0.4, 0.5) is 0 Å². The van der Waals surface area contributed by atoms with Gasteiger partial charge in [-0.2, -0.15) is 0 Å². The van der Waals surface area contributed by atoms with Gasteiger partial charge in [-0.25, -0.2) is 0 Å². The van der Waals surface area contributed by atoms with E-state index in [2.05, 4.69) is 19.9 Å². The summed E-state index contributed by atoms with van der Waals surface area (Å²) in [4.78, 5) is 25.3. The summed E-state index contributed by atoms with van der Waals surface area (Å²) in [5, 5.41) is 0. The van der Waals surface area contributed by atoms with Crippen LogP contribution in [0.2, 0.25) is 0 Å². The number of hydrogen-bond acceptors (Lipinski definition) is 2. The molecule has 1 aliphatic rings. The standard InChI is InChI=1S/C20H20N2O2/c1-20(2)11-12-21-17-15(20)9-6-10-16(17)22(19(24)18(21)23)13-14-7-4-3-5-8-14/h3-10H,11-13H2,1-2H3. The van der Waals surface area contributed by atoms with E-state index >= 15 is 0 Å². The highest BCUT2D eigenvalue weighted by Crippen LogP contribution is 2.36. The minimum absolute atomic E-state index is 0.000920. The van der Waals surface area contributed by atoms with E-state index in [1.807, 2.05) is 42.5 Å². The Morgan fingerprint density at radius 3 is 2.46 bits per heavy atom. The lowest BCUT2D eigenvalue weighted by Gasteiger charge is -2.33. The minimum atomic E-state index is -0.441. The van der Waals surface area contributed by atoms with Crippen molar-refractivity contribution in [2.24, 2.45) is 0 Å². The lowest BCUT2D eigenvalue weighted by Crippen LogP contribution is -2.44. The van der Waals surface area contributed by atoms with E-state index in [9.17, 15) is 9.59 Å². The lowest BCUT2D eigenvalue weighted by atomic mass is 9.78. The molecule has 0 unspecified atom stereocenters. The number of para-hydroxylation sites is 1. The van der Waals surface area contributed by atoms with E-state index in [-0.39, 0.29) is 5.41 Å². The van der Waals surface area contributed by atoms with Crippen LogP contribution in [0.1, 0.15) is 31.4 Å². The van der Waals surface area contributed by atoms with Gasteiger partial charge in [0.1, 0.15) is 0 Å². The van der Waals surface area contributed by atoms with Gasteiger partial charge in [-0.1, -0.05) is 56.3 Å². The SMILES string of the molecule is CC1(C)CCn2c(=O)c(=O)n(Cc3ccccc3)c3cccc1c32. The van der Waals surface area contributed by atoms with Gasteiger partial charge in [-0.15, -0.1) is 0 Å². The molecule has 122 valence electrons. The zero-order chi connectivity index (χ0) is 16.9. The van der Waals surface area contributed by atoms with Crippen LogP contribution in [0.3, 0.4) is 0 Å². The van der Waals surface area contributed by atoms with Gasteiger partial charge in [0.15, 0.2) is 0 Å². The average Bonchev–Trinajstić information content (AvgIpc) is 2.58. The molecule has 1 aliphatic heterocycles. The Hall–Kier alpha value is -2.62. The summed E-state index contributed by atoms with van der Waals surface area (Å²) in [7, 11) is 0. The van der Waals surface area contributed by atoms with Crippen molar-refractivity contribution in [1.29, 1.82) is 0 Å². The molecule has 24 heavy (non-hydrogen) atoms. The van der Waals surface area contributed by atoms with Crippen LogP contribution in [0.25, 0.3) is 11.0 Å². The van der Waals surface area contributed by atoms with Crippen molar-refractivity contribution in [3.8, 4) is 0 Å². The van der Waals surface area contributed by atoms with E-state index in [1.165, 1.54) is 0 Å². The maximum atomic E-state index is 12.7. The normalized spacial score (nSPS) is 15.6. The van der Waals surface area contributed by atoms with Crippen molar-refractivity contribution < 1.29 is 0 Å². The van der Waals surface area contributed by atoms with Crippen molar-refractivity contribution in [3.05, 3.63) is 80.4 Å². The molecule has 2 heterocycles. The van der Waals surface area contributed by atoms with Crippen LogP contribution in [-0.4, -0.2) is 9.13 Å². The van der Waals surface area contributed by atoms with Gasteiger partial charge in [0, 0.05) is 6.54 Å². The van der Waals surface area contributed by atoms with E-state index in [1.54, 1.807) is 9.13 Å². The zero-order valence-corrected chi connectivity index (χ0v) is 14.0. The van der Waals surface area contributed by atoms with Crippen molar-refractivity contribution in [1.82, 2.24) is 9.13 Å². The fraction of sp³-hybridized carbons (Fsp3) is 0.300. The van der Waals surface area contributed by atoms with Gasteiger partial charge in [-0.05, 0) is 29.0 Å². The second kappa shape index (κ2) is 5.20. The van der Waals surface area contributed by atoms with Gasteiger partial charge >= 0.3 is 11.1 Å². The molecule has 2 aromatic carbocycles. The maximum Gasteiger partial charge on any atom is 0.317 e. The molecule has 4 rings (SSSR count). The van der Waals surface area contributed by atoms with E-state index in [4.69, 9.17) is 0 Å². The number of rotatable bonds is 2. The van der Waals surface area contributed by atoms with Crippen LogP contribution in [-0.2, 0) is 18.5 Å². The summed E-state index contributed by atoms with van der Waals surface area (Å²) in [5.74, 6) is 0. The number of nitrogens with zero attached hydrogens (tertiary/aromatic N) is 2. The summed E-state index contributed by atoms with van der Waals surface area (Å²) >= 11 is 0. The average molecular weight is 320 g/mol. The number of hydrogen-bond donors (Lipinski definition) is 0. The van der Waals surface area contributed by atoms with Crippen LogP contribution < -0.4 is 11.1 Å². The summed E-state index contributed by atoms with van der Waals surface area (Å²) in [5.41, 5.74) is 3.05. The quantitative estimate of drug-likeness (QED) is 0.682. The molecule has 0 amide bonds. The highest BCUT2D eigenvalue weighted by atomic mass is 16.2. The number of aryl methyl sites for hydroxylation is 1. The smallest absolute Gasteiger partial charge is 0.302 e. The van der Waals surface area contributed by atoms with Gasteiger partial charge in [0.05, 0.1) is 17.6 Å². The molecule has 0 aliphatic carbocycles. The third-order valence-corrected chi connectivity index (χ3v) is 5.12. The molecule has 0 saturated heterocycles. The predicted molar refractivity (Wildman–Crippen MR) is 95.7 cm³/mol. The van der Waals surface area contributed by atoms with E-state index in [0.29, 0.717) is 13.1 Å². The molecule has 0 fully saturated rings. The summed E-state index contributed by atoms with van der Waals surface area (Å²) in [6, 6.07) is 15.8. The first kappa shape index (κ1) is 14.9. The van der Waals surface area contributed by atoms with Crippen LogP contribution in [0.5, 0.6) is 0 Å². The fourth-order valence-electron chi connectivity index (χ4n) is 3.68. The van der Waals surface area contributed by atoms with Crippen LogP contribution in [0, 0.1) is 0 Å². The fourth-order valence-corrected chi connectivity index (χ4v) is 3.68. The van der Waals surface area contributed by atoms with Crippen molar-refractivity contribution in [2.45, 2.75) is 38.8 Å². The highest BCUT2D eigenvalue weighted by molar-refractivity contribution is 5.81. The minimum Gasteiger partial charge on any atom is -0.302 e. The van der Waals surface area contributed by atoms with E-state index < -0.39 is 11.1 Å². The van der Waals surface area contributed by atoms with Gasteiger partial charge in [0.2, 0.25) is 0 Å². The summed E-state index contributed by atoms with van der Waals surface area (Å²) in [6.07, 6.45) is 0.862. The topological polar surface area (TPSA) is 44.0 Å². The lowest BCUT2D eigenvalue weighted by molar-refractivity contribution is 0.414. The van der Waals surface area contributed by atoms with Crippen molar-refractivity contribution in [2.75, 3.05) is 0 Å². The summed E-state index contributed by atoms with van der Waals surface area (Å²) < 4.78 is 3.29. The summed E-state index contributed by atoms with van der Waals surface area (Å²) in [6.45, 7) is 5.40. The van der Waals surface area contributed by atoms with Crippen molar-refractivity contribution >= 4 is 11.0 Å². The maximum absolute atomic E-state index is 12.7. The molecule has 4 nitrogen and oxygen atoms in total. The van der Waals surface area contributed by atoms with Crippen LogP contribution in [0.15, 0.2) is 58.1 Å². The molecule has 0 N–H and O–H groups in total. The Balaban J connectivity index is 2.06. The van der Waals surface area contributed by atoms with Crippen LogP contribution >= 0.6 is 0 Å². The molecule has 0 atom stereocenters. The number of benzene rings is 2. The predicted octanol–water partition coefficient (Wildman–Crippen LogP) is 2.89. The first-order valence-corrected chi connectivity index (χ1v) is 8.30. The first-order valence-electron chi connectivity index (χ1n) is 8.30. The molecule has 1 aromatic heterocycles. The molecule has 3 aromatic rings. The third kappa shape index (κ3) is 2.13. The molecule has 0 bridgehead atoms. The zero-order valence-electron chi connectivity index (χ0n) is 14.0. The Morgan fingerprint density at radius 1 is 0.958 bits per heavy atom. The molecular formula is C20H20N2O2. The molecule has 4 heteroatoms. The molecule has 0 saturated carbocycles. The van der Waals surface area contributed by atoms with E-state index in [0.717, 1.165) is 28.6 Å². The Kier molecular flexibility index (Phi) is 3.23. The van der Waals surface area contributed by atoms with Gasteiger partial charge < -0.3 is 4.57 Å². The first-order chi connectivity index (χ1) is 11.5. The number of aromatic nitrogens is 2.